The van der Waals surface area contributed by atoms with Crippen LogP contribution in [0.2, 0.25) is 0 Å². The van der Waals surface area contributed by atoms with Crippen LogP contribution in [0.15, 0.2) is 24.3 Å². The summed E-state index contributed by atoms with van der Waals surface area (Å²) in [6.45, 7) is 3.53. The second kappa shape index (κ2) is 7.19. The first-order chi connectivity index (χ1) is 9.72. The smallest absolute Gasteiger partial charge is 0.340 e. The van der Waals surface area contributed by atoms with Crippen LogP contribution in [0.25, 0.3) is 0 Å². The molecule has 0 radical (unpaired) electrons. The van der Waals surface area contributed by atoms with Crippen molar-refractivity contribution >= 4 is 29.4 Å². The average molecular weight is 294 g/mol. The van der Waals surface area contributed by atoms with Gasteiger partial charge in [-0.3, -0.25) is 0 Å². The third-order valence-corrected chi connectivity index (χ3v) is 3.90. The maximum absolute atomic E-state index is 12.2. The Kier molecular flexibility index (Phi) is 5.29. The summed E-state index contributed by atoms with van der Waals surface area (Å²) >= 11 is 1.84. The molecule has 1 aliphatic heterocycles. The average Bonchev–Trinajstić information content (AvgIpc) is 2.49. The molecule has 2 amide bonds. The van der Waals surface area contributed by atoms with E-state index in [1.54, 1.807) is 36.1 Å². The number of carbonyl (C=O) groups is 2. The van der Waals surface area contributed by atoms with Crippen LogP contribution >= 0.6 is 11.8 Å². The molecule has 0 spiro atoms. The van der Waals surface area contributed by atoms with Gasteiger partial charge in [0.05, 0.1) is 17.9 Å². The summed E-state index contributed by atoms with van der Waals surface area (Å²) in [6.07, 6.45) is 0. The van der Waals surface area contributed by atoms with E-state index >= 15 is 0 Å². The Morgan fingerprint density at radius 3 is 2.70 bits per heavy atom. The Bertz CT molecular complexity index is 487. The number of hydrogen-bond donors (Lipinski definition) is 1. The predicted molar refractivity (Wildman–Crippen MR) is 80.3 cm³/mol. The third kappa shape index (κ3) is 3.66. The van der Waals surface area contributed by atoms with Crippen molar-refractivity contribution in [2.24, 2.45) is 0 Å². The van der Waals surface area contributed by atoms with Crippen LogP contribution in [0.1, 0.15) is 17.3 Å². The SMILES string of the molecule is CCOC(=O)c1ccccc1NC(=O)N1CCSCC1. The van der Waals surface area contributed by atoms with Gasteiger partial charge in [0.1, 0.15) is 0 Å². The van der Waals surface area contributed by atoms with Crippen LogP contribution in [0.5, 0.6) is 0 Å². The second-order valence-corrected chi connectivity index (χ2v) is 5.52. The van der Waals surface area contributed by atoms with Gasteiger partial charge in [-0.15, -0.1) is 0 Å². The molecule has 0 saturated carbocycles. The second-order valence-electron chi connectivity index (χ2n) is 4.30. The summed E-state index contributed by atoms with van der Waals surface area (Å²) in [4.78, 5) is 25.7. The molecule has 0 aliphatic carbocycles. The number of thioether (sulfide) groups is 1. The molecule has 0 unspecified atom stereocenters. The lowest BCUT2D eigenvalue weighted by atomic mass is 10.2. The number of ether oxygens (including phenoxy) is 1. The minimum Gasteiger partial charge on any atom is -0.462 e. The highest BCUT2D eigenvalue weighted by Crippen LogP contribution is 2.18. The van der Waals surface area contributed by atoms with Gasteiger partial charge < -0.3 is 15.0 Å². The first-order valence-corrected chi connectivity index (χ1v) is 7.77. The molecule has 20 heavy (non-hydrogen) atoms. The van der Waals surface area contributed by atoms with Crippen LogP contribution in [0.4, 0.5) is 10.5 Å². The third-order valence-electron chi connectivity index (χ3n) is 2.96. The molecule has 1 aliphatic rings. The Morgan fingerprint density at radius 2 is 2.00 bits per heavy atom. The lowest BCUT2D eigenvalue weighted by molar-refractivity contribution is 0.0527. The number of esters is 1. The highest BCUT2D eigenvalue weighted by Gasteiger charge is 2.19. The van der Waals surface area contributed by atoms with E-state index < -0.39 is 5.97 Å². The molecule has 1 fully saturated rings. The maximum Gasteiger partial charge on any atom is 0.340 e. The van der Waals surface area contributed by atoms with Gasteiger partial charge in [-0.1, -0.05) is 12.1 Å². The molecule has 5 nitrogen and oxygen atoms in total. The zero-order valence-electron chi connectivity index (χ0n) is 11.4. The summed E-state index contributed by atoms with van der Waals surface area (Å²) < 4.78 is 4.99. The fraction of sp³-hybridized carbons (Fsp3) is 0.429. The number of urea groups is 1. The predicted octanol–water partition coefficient (Wildman–Crippen LogP) is 2.44. The molecular formula is C14H18N2O3S. The number of benzene rings is 1. The number of nitrogens with zero attached hydrogens (tertiary/aromatic N) is 1. The van der Waals surface area contributed by atoms with E-state index in [2.05, 4.69) is 5.32 Å². The fourth-order valence-corrected chi connectivity index (χ4v) is 2.84. The largest absolute Gasteiger partial charge is 0.462 e. The summed E-state index contributed by atoms with van der Waals surface area (Å²) in [6, 6.07) is 6.73. The van der Waals surface area contributed by atoms with Gasteiger partial charge in [0.25, 0.3) is 0 Å². The monoisotopic (exact) mass is 294 g/mol. The van der Waals surface area contributed by atoms with Gasteiger partial charge in [-0.2, -0.15) is 11.8 Å². The van der Waals surface area contributed by atoms with Crippen molar-refractivity contribution in [2.45, 2.75) is 6.92 Å². The summed E-state index contributed by atoms with van der Waals surface area (Å²) in [5.74, 6) is 1.48. The summed E-state index contributed by atoms with van der Waals surface area (Å²) in [5, 5.41) is 2.80. The van der Waals surface area contributed by atoms with Gasteiger partial charge in [0, 0.05) is 24.6 Å². The highest BCUT2D eigenvalue weighted by atomic mass is 32.2. The lowest BCUT2D eigenvalue weighted by Crippen LogP contribution is -2.40. The van der Waals surface area contributed by atoms with Gasteiger partial charge in [-0.05, 0) is 19.1 Å². The molecule has 1 heterocycles. The van der Waals surface area contributed by atoms with Gasteiger partial charge in [-0.25, -0.2) is 9.59 Å². The number of nitrogens with one attached hydrogen (secondary N) is 1. The quantitative estimate of drug-likeness (QED) is 0.870. The van der Waals surface area contributed by atoms with E-state index in [1.807, 2.05) is 11.8 Å². The van der Waals surface area contributed by atoms with E-state index in [0.717, 1.165) is 24.6 Å². The van der Waals surface area contributed by atoms with Crippen LogP contribution in [-0.4, -0.2) is 48.1 Å². The summed E-state index contributed by atoms with van der Waals surface area (Å²) in [5.41, 5.74) is 0.878. The Morgan fingerprint density at radius 1 is 1.30 bits per heavy atom. The number of rotatable bonds is 3. The molecule has 2 rings (SSSR count). The molecular weight excluding hydrogens is 276 g/mol. The number of hydrogen-bond acceptors (Lipinski definition) is 4. The van der Waals surface area contributed by atoms with Crippen molar-refractivity contribution in [1.82, 2.24) is 4.90 Å². The standard InChI is InChI=1S/C14H18N2O3S/c1-2-19-13(17)11-5-3-4-6-12(11)15-14(18)16-7-9-20-10-8-16/h3-6H,2,7-10H2,1H3,(H,15,18). The molecule has 6 heteroatoms. The van der Waals surface area contributed by atoms with Gasteiger partial charge in [0.2, 0.25) is 0 Å². The molecule has 1 aromatic rings. The number of anilines is 1. The highest BCUT2D eigenvalue weighted by molar-refractivity contribution is 7.99. The fourth-order valence-electron chi connectivity index (χ4n) is 1.94. The first kappa shape index (κ1) is 14.7. The maximum atomic E-state index is 12.2. The zero-order chi connectivity index (χ0) is 14.4. The van der Waals surface area contributed by atoms with Gasteiger partial charge >= 0.3 is 12.0 Å². The minimum absolute atomic E-state index is 0.165. The van der Waals surface area contributed by atoms with E-state index in [1.165, 1.54) is 0 Å². The molecule has 1 N–H and O–H groups in total. The zero-order valence-corrected chi connectivity index (χ0v) is 12.2. The Labute approximate surface area is 122 Å². The van der Waals surface area contributed by atoms with Crippen molar-refractivity contribution in [2.75, 3.05) is 36.5 Å². The van der Waals surface area contributed by atoms with Crippen LogP contribution in [0.3, 0.4) is 0 Å². The number of amides is 2. The molecule has 0 bridgehead atoms. The van der Waals surface area contributed by atoms with Crippen molar-refractivity contribution < 1.29 is 14.3 Å². The molecule has 0 atom stereocenters. The molecule has 1 aromatic carbocycles. The molecule has 108 valence electrons. The van der Waals surface area contributed by atoms with Crippen LogP contribution in [0, 0.1) is 0 Å². The summed E-state index contributed by atoms with van der Waals surface area (Å²) in [7, 11) is 0. The van der Waals surface area contributed by atoms with Crippen molar-refractivity contribution in [3.8, 4) is 0 Å². The first-order valence-electron chi connectivity index (χ1n) is 6.62. The van der Waals surface area contributed by atoms with E-state index in [0.29, 0.717) is 17.9 Å². The topological polar surface area (TPSA) is 58.6 Å². The van der Waals surface area contributed by atoms with Crippen LogP contribution in [-0.2, 0) is 4.74 Å². The van der Waals surface area contributed by atoms with E-state index in [-0.39, 0.29) is 6.03 Å². The normalized spacial score (nSPS) is 14.8. The molecule has 1 saturated heterocycles. The number of carbonyl (C=O) groups excluding carboxylic acids is 2. The number of para-hydroxylation sites is 1. The Balaban J connectivity index is 2.08. The Hall–Kier alpha value is -1.69. The van der Waals surface area contributed by atoms with Crippen molar-refractivity contribution in [3.05, 3.63) is 29.8 Å². The minimum atomic E-state index is -0.419. The van der Waals surface area contributed by atoms with Gasteiger partial charge in [0.15, 0.2) is 0 Å². The van der Waals surface area contributed by atoms with Crippen LogP contribution < -0.4 is 5.32 Å². The van der Waals surface area contributed by atoms with Crippen molar-refractivity contribution in [1.29, 1.82) is 0 Å². The lowest BCUT2D eigenvalue weighted by Gasteiger charge is -2.26. The molecule has 0 aromatic heterocycles. The van der Waals surface area contributed by atoms with Crippen molar-refractivity contribution in [3.63, 3.8) is 0 Å². The van der Waals surface area contributed by atoms with E-state index in [9.17, 15) is 9.59 Å². The van der Waals surface area contributed by atoms with E-state index in [4.69, 9.17) is 4.74 Å².